The summed E-state index contributed by atoms with van der Waals surface area (Å²) >= 11 is 0. The molecule has 0 aromatic heterocycles. The SMILES string of the molecule is CC1=CC[C@@H]2C(=O)N(c3ccc([N+](=O)[O-])cc3)C(=O)[C@H]2C1. The average molecular weight is 286 g/mol. The number of hydrogen-bond acceptors (Lipinski definition) is 4. The van der Waals surface area contributed by atoms with Crippen LogP contribution in [0.15, 0.2) is 35.9 Å². The summed E-state index contributed by atoms with van der Waals surface area (Å²) in [4.78, 5) is 36.2. The lowest BCUT2D eigenvalue weighted by Crippen LogP contribution is -2.30. The highest BCUT2D eigenvalue weighted by Gasteiger charge is 2.48. The number of nitro benzene ring substituents is 1. The van der Waals surface area contributed by atoms with Crippen molar-refractivity contribution in [2.75, 3.05) is 4.90 Å². The number of anilines is 1. The Labute approximate surface area is 121 Å². The fourth-order valence-electron chi connectivity index (χ4n) is 3.02. The number of carbonyl (C=O) groups excluding carboxylic acids is 2. The third kappa shape index (κ3) is 2.12. The van der Waals surface area contributed by atoms with Gasteiger partial charge in [-0.1, -0.05) is 11.6 Å². The zero-order valence-electron chi connectivity index (χ0n) is 11.5. The van der Waals surface area contributed by atoms with Gasteiger partial charge in [0.25, 0.3) is 5.69 Å². The Balaban J connectivity index is 1.91. The van der Waals surface area contributed by atoms with Gasteiger partial charge in [-0.05, 0) is 31.9 Å². The standard InChI is InChI=1S/C15H14N2O4/c1-9-2-7-12-13(8-9)15(19)16(14(12)18)10-3-5-11(6-4-10)17(20)21/h2-6,12-13H,7-8H2,1H3/t12-,13-/m0/s1. The summed E-state index contributed by atoms with van der Waals surface area (Å²) in [6, 6.07) is 5.51. The predicted molar refractivity (Wildman–Crippen MR) is 75.6 cm³/mol. The van der Waals surface area contributed by atoms with Gasteiger partial charge >= 0.3 is 0 Å². The number of benzene rings is 1. The Morgan fingerprint density at radius 2 is 1.76 bits per heavy atom. The molecule has 0 unspecified atom stereocenters. The first-order valence-corrected chi connectivity index (χ1v) is 6.77. The van der Waals surface area contributed by atoms with E-state index in [-0.39, 0.29) is 29.3 Å². The number of fused-ring (bicyclic) bond motifs is 1. The number of nitrogens with zero attached hydrogens (tertiary/aromatic N) is 2. The Morgan fingerprint density at radius 3 is 2.38 bits per heavy atom. The first-order valence-electron chi connectivity index (χ1n) is 6.77. The topological polar surface area (TPSA) is 80.5 Å². The molecule has 1 fully saturated rings. The number of amides is 2. The van der Waals surface area contributed by atoms with Crippen molar-refractivity contribution in [3.63, 3.8) is 0 Å². The Bertz CT molecular complexity index is 663. The van der Waals surface area contributed by atoms with Crippen molar-refractivity contribution < 1.29 is 14.5 Å². The maximum absolute atomic E-state index is 12.5. The molecule has 3 rings (SSSR count). The van der Waals surface area contributed by atoms with Gasteiger partial charge in [0.15, 0.2) is 0 Å². The lowest BCUT2D eigenvalue weighted by Gasteiger charge is -2.18. The Morgan fingerprint density at radius 1 is 1.14 bits per heavy atom. The molecule has 1 aliphatic carbocycles. The van der Waals surface area contributed by atoms with Crippen LogP contribution in [0, 0.1) is 22.0 Å². The summed E-state index contributed by atoms with van der Waals surface area (Å²) in [6.07, 6.45) is 3.20. The molecule has 1 aromatic rings. The summed E-state index contributed by atoms with van der Waals surface area (Å²) < 4.78 is 0. The van der Waals surface area contributed by atoms with Crippen LogP contribution in [0.4, 0.5) is 11.4 Å². The maximum atomic E-state index is 12.5. The van der Waals surface area contributed by atoms with Crippen LogP contribution in [0.1, 0.15) is 19.8 Å². The molecule has 1 aliphatic heterocycles. The smallest absolute Gasteiger partial charge is 0.269 e. The second-order valence-electron chi connectivity index (χ2n) is 5.49. The average Bonchev–Trinajstić information content (AvgIpc) is 2.70. The first kappa shape index (κ1) is 13.5. The van der Waals surface area contributed by atoms with Gasteiger partial charge in [-0.2, -0.15) is 0 Å². The van der Waals surface area contributed by atoms with Gasteiger partial charge < -0.3 is 0 Å². The molecule has 0 radical (unpaired) electrons. The van der Waals surface area contributed by atoms with E-state index in [1.165, 1.54) is 29.2 Å². The fourth-order valence-corrected chi connectivity index (χ4v) is 3.02. The molecule has 0 bridgehead atoms. The highest BCUT2D eigenvalue weighted by molar-refractivity contribution is 6.22. The van der Waals surface area contributed by atoms with Crippen molar-refractivity contribution in [1.82, 2.24) is 0 Å². The minimum Gasteiger partial charge on any atom is -0.274 e. The van der Waals surface area contributed by atoms with Crippen LogP contribution in [-0.4, -0.2) is 16.7 Å². The van der Waals surface area contributed by atoms with E-state index in [9.17, 15) is 19.7 Å². The molecule has 2 amide bonds. The summed E-state index contributed by atoms with van der Waals surface area (Å²) in [5, 5.41) is 10.7. The second-order valence-corrected chi connectivity index (χ2v) is 5.49. The highest BCUT2D eigenvalue weighted by atomic mass is 16.6. The lowest BCUT2D eigenvalue weighted by molar-refractivity contribution is -0.384. The molecule has 108 valence electrons. The molecular formula is C15H14N2O4. The lowest BCUT2D eigenvalue weighted by atomic mass is 9.82. The van der Waals surface area contributed by atoms with E-state index in [4.69, 9.17) is 0 Å². The summed E-state index contributed by atoms with van der Waals surface area (Å²) in [5.74, 6) is -0.997. The summed E-state index contributed by atoms with van der Waals surface area (Å²) in [5.41, 5.74) is 1.47. The van der Waals surface area contributed by atoms with Crippen molar-refractivity contribution in [3.05, 3.63) is 46.0 Å². The second kappa shape index (κ2) is 4.80. The van der Waals surface area contributed by atoms with E-state index in [1.807, 2.05) is 13.0 Å². The van der Waals surface area contributed by atoms with Gasteiger partial charge in [-0.15, -0.1) is 0 Å². The minimum atomic E-state index is -0.509. The molecule has 1 aromatic carbocycles. The largest absolute Gasteiger partial charge is 0.274 e. The molecule has 6 nitrogen and oxygen atoms in total. The van der Waals surface area contributed by atoms with Gasteiger partial charge in [0.1, 0.15) is 0 Å². The van der Waals surface area contributed by atoms with Crippen LogP contribution in [0.3, 0.4) is 0 Å². The minimum absolute atomic E-state index is 0.0622. The fraction of sp³-hybridized carbons (Fsp3) is 0.333. The van der Waals surface area contributed by atoms with Crippen LogP contribution in [-0.2, 0) is 9.59 Å². The van der Waals surface area contributed by atoms with E-state index >= 15 is 0 Å². The van der Waals surface area contributed by atoms with E-state index in [2.05, 4.69) is 0 Å². The number of nitro groups is 1. The van der Waals surface area contributed by atoms with Crippen molar-refractivity contribution >= 4 is 23.2 Å². The molecule has 2 atom stereocenters. The summed E-state index contributed by atoms with van der Waals surface area (Å²) in [6.45, 7) is 1.96. The van der Waals surface area contributed by atoms with Crippen molar-refractivity contribution in [1.29, 1.82) is 0 Å². The molecule has 6 heteroatoms. The van der Waals surface area contributed by atoms with Gasteiger partial charge in [0.05, 0.1) is 22.4 Å². The van der Waals surface area contributed by atoms with Crippen LogP contribution < -0.4 is 4.90 Å². The molecule has 21 heavy (non-hydrogen) atoms. The third-order valence-corrected chi connectivity index (χ3v) is 4.14. The van der Waals surface area contributed by atoms with Gasteiger partial charge in [-0.3, -0.25) is 24.6 Å². The zero-order chi connectivity index (χ0) is 15.1. The number of rotatable bonds is 2. The molecular weight excluding hydrogens is 272 g/mol. The third-order valence-electron chi connectivity index (χ3n) is 4.14. The van der Waals surface area contributed by atoms with E-state index < -0.39 is 4.92 Å². The van der Waals surface area contributed by atoms with Crippen LogP contribution in [0.25, 0.3) is 0 Å². The first-order chi connectivity index (χ1) is 9.99. The molecule has 1 saturated heterocycles. The van der Waals surface area contributed by atoms with Crippen molar-refractivity contribution in [2.45, 2.75) is 19.8 Å². The van der Waals surface area contributed by atoms with Gasteiger partial charge in [-0.25, -0.2) is 0 Å². The van der Waals surface area contributed by atoms with Crippen LogP contribution in [0.5, 0.6) is 0 Å². The summed E-state index contributed by atoms with van der Waals surface area (Å²) in [7, 11) is 0. The number of imide groups is 1. The Kier molecular flexibility index (Phi) is 3.08. The number of hydrogen-bond donors (Lipinski definition) is 0. The Hall–Kier alpha value is -2.50. The van der Waals surface area contributed by atoms with Crippen molar-refractivity contribution in [3.8, 4) is 0 Å². The molecule has 0 spiro atoms. The zero-order valence-corrected chi connectivity index (χ0v) is 11.5. The molecule has 0 saturated carbocycles. The van der Waals surface area contributed by atoms with Crippen LogP contribution >= 0.6 is 0 Å². The number of carbonyl (C=O) groups is 2. The van der Waals surface area contributed by atoms with Gasteiger partial charge in [0.2, 0.25) is 11.8 Å². The molecule has 2 aliphatic rings. The van der Waals surface area contributed by atoms with Gasteiger partial charge in [0, 0.05) is 12.1 Å². The van der Waals surface area contributed by atoms with Crippen LogP contribution in [0.2, 0.25) is 0 Å². The predicted octanol–water partition coefficient (Wildman–Crippen LogP) is 2.44. The van der Waals surface area contributed by atoms with E-state index in [0.29, 0.717) is 18.5 Å². The van der Waals surface area contributed by atoms with E-state index in [1.54, 1.807) is 0 Å². The van der Waals surface area contributed by atoms with Crippen molar-refractivity contribution in [2.24, 2.45) is 11.8 Å². The highest BCUT2D eigenvalue weighted by Crippen LogP contribution is 2.39. The molecule has 0 N–H and O–H groups in total. The monoisotopic (exact) mass is 286 g/mol. The quantitative estimate of drug-likeness (QED) is 0.362. The maximum Gasteiger partial charge on any atom is 0.269 e. The van der Waals surface area contributed by atoms with E-state index in [0.717, 1.165) is 5.57 Å². The molecule has 1 heterocycles. The normalized spacial score (nSPS) is 24.8. The number of non-ortho nitro benzene ring substituents is 1. The number of allylic oxidation sites excluding steroid dienone is 2.